The number of hydrogen-bond acceptors (Lipinski definition) is 1. The van der Waals surface area contributed by atoms with Crippen LogP contribution in [0.2, 0.25) is 0 Å². The summed E-state index contributed by atoms with van der Waals surface area (Å²) < 4.78 is 5.81. The predicted molar refractivity (Wildman–Crippen MR) is 71.1 cm³/mol. The fourth-order valence-electron chi connectivity index (χ4n) is 1.52. The summed E-state index contributed by atoms with van der Waals surface area (Å²) in [5.41, 5.74) is 0.328. The minimum absolute atomic E-state index is 0.0749. The van der Waals surface area contributed by atoms with Crippen LogP contribution in [0.5, 0.6) is 0 Å². The van der Waals surface area contributed by atoms with Gasteiger partial charge in [-0.25, -0.2) is 0 Å². The van der Waals surface area contributed by atoms with E-state index in [9.17, 15) is 0 Å². The summed E-state index contributed by atoms with van der Waals surface area (Å²) in [6.45, 7) is 9.08. The Labute approximate surface area is 101 Å². The van der Waals surface area contributed by atoms with E-state index in [1.54, 1.807) is 0 Å². The molecular weight excluding hydrogens is 256 g/mol. The number of unbranched alkanes of at least 4 members (excludes halogenated alkanes) is 2. The van der Waals surface area contributed by atoms with Gasteiger partial charge in [-0.3, -0.25) is 0 Å². The maximum absolute atomic E-state index is 5.81. The molecule has 0 aliphatic heterocycles. The molecule has 0 aromatic rings. The molecule has 1 unspecified atom stereocenters. The molecule has 0 aromatic heterocycles. The zero-order chi connectivity index (χ0) is 11.2. The first-order valence-corrected chi connectivity index (χ1v) is 7.42. The Morgan fingerprint density at radius 2 is 1.64 bits per heavy atom. The minimum Gasteiger partial charge on any atom is -0.422 e. The van der Waals surface area contributed by atoms with Crippen molar-refractivity contribution >= 4 is 26.4 Å². The van der Waals surface area contributed by atoms with Crippen molar-refractivity contribution in [1.29, 1.82) is 0 Å². The van der Waals surface area contributed by atoms with E-state index in [4.69, 9.17) is 4.43 Å². The van der Waals surface area contributed by atoms with Gasteiger partial charge in [0.15, 0.2) is 0 Å². The summed E-state index contributed by atoms with van der Waals surface area (Å²) in [5.74, 6) is 0. The minimum atomic E-state index is 0.0749. The Hall–Kier alpha value is 0.657. The van der Waals surface area contributed by atoms with Crippen molar-refractivity contribution in [3.05, 3.63) is 0 Å². The molecular formula is C11H25BrOSi. The Bertz CT molecular complexity index is 156. The molecule has 0 amide bonds. The molecule has 0 bridgehead atoms. The van der Waals surface area contributed by atoms with Gasteiger partial charge in [-0.2, -0.15) is 0 Å². The molecule has 0 N–H and O–H groups in total. The molecule has 86 valence electrons. The largest absolute Gasteiger partial charge is 0.422 e. The normalized spacial score (nSPS) is 16.9. The number of halogens is 1. The van der Waals surface area contributed by atoms with Crippen LogP contribution in [0.4, 0.5) is 0 Å². The van der Waals surface area contributed by atoms with E-state index in [-0.39, 0.29) is 11.0 Å². The van der Waals surface area contributed by atoms with Gasteiger partial charge in [0.2, 0.25) is 0 Å². The van der Waals surface area contributed by atoms with Gasteiger partial charge in [-0.05, 0) is 25.2 Å². The van der Waals surface area contributed by atoms with Crippen LogP contribution in [0.1, 0.15) is 53.4 Å². The molecule has 0 radical (unpaired) electrons. The summed E-state index contributed by atoms with van der Waals surface area (Å²) >= 11 is 3.46. The molecule has 1 nitrogen and oxygen atoms in total. The zero-order valence-corrected chi connectivity index (χ0v) is 13.9. The first-order valence-electron chi connectivity index (χ1n) is 5.48. The van der Waals surface area contributed by atoms with Crippen LogP contribution >= 0.6 is 15.9 Å². The van der Waals surface area contributed by atoms with Gasteiger partial charge in [0.1, 0.15) is 10.5 Å². The van der Waals surface area contributed by atoms with E-state index in [2.05, 4.69) is 43.6 Å². The fourth-order valence-corrected chi connectivity index (χ4v) is 2.73. The summed E-state index contributed by atoms with van der Waals surface area (Å²) in [6, 6.07) is 0. The summed E-state index contributed by atoms with van der Waals surface area (Å²) in [4.78, 5) is 0. The third-order valence-corrected chi connectivity index (χ3v) is 4.79. The van der Waals surface area contributed by atoms with Gasteiger partial charge in [0.25, 0.3) is 0 Å². The highest BCUT2D eigenvalue weighted by Gasteiger charge is 2.36. The molecule has 0 heterocycles. The average Bonchev–Trinajstić information content (AvgIpc) is 2.10. The van der Waals surface area contributed by atoms with Crippen molar-refractivity contribution in [2.45, 2.75) is 59.0 Å². The standard InChI is InChI=1S/C11H25BrOSi/c1-10(2,3)11(4,13-14)8-6-5-7-9-12/h5-9H2,1-4,14H3. The second-order valence-corrected chi connectivity index (χ2v) is 6.39. The molecule has 0 fully saturated rings. The molecule has 0 saturated carbocycles. The highest BCUT2D eigenvalue weighted by atomic mass is 79.9. The van der Waals surface area contributed by atoms with Crippen LogP contribution in [0.25, 0.3) is 0 Å². The Morgan fingerprint density at radius 1 is 1.07 bits per heavy atom. The second kappa shape index (κ2) is 6.29. The highest BCUT2D eigenvalue weighted by Crippen LogP contribution is 2.36. The lowest BCUT2D eigenvalue weighted by Gasteiger charge is -2.41. The van der Waals surface area contributed by atoms with Gasteiger partial charge in [-0.15, -0.1) is 0 Å². The Morgan fingerprint density at radius 3 is 2.00 bits per heavy atom. The lowest BCUT2D eigenvalue weighted by atomic mass is 9.75. The lowest BCUT2D eigenvalue weighted by Crippen LogP contribution is -2.42. The summed E-state index contributed by atoms with van der Waals surface area (Å²) in [5, 5.41) is 1.13. The lowest BCUT2D eigenvalue weighted by molar-refractivity contribution is -0.0193. The van der Waals surface area contributed by atoms with E-state index in [1.807, 2.05) is 0 Å². The predicted octanol–water partition coefficient (Wildman–Crippen LogP) is 3.04. The monoisotopic (exact) mass is 280 g/mol. The van der Waals surface area contributed by atoms with Crippen molar-refractivity contribution < 1.29 is 4.43 Å². The Balaban J connectivity index is 4.01. The van der Waals surface area contributed by atoms with Crippen LogP contribution in [0, 0.1) is 5.41 Å². The van der Waals surface area contributed by atoms with Crippen molar-refractivity contribution in [3.63, 3.8) is 0 Å². The van der Waals surface area contributed by atoms with Crippen LogP contribution in [0.15, 0.2) is 0 Å². The van der Waals surface area contributed by atoms with Crippen molar-refractivity contribution in [2.24, 2.45) is 5.41 Å². The first-order chi connectivity index (χ1) is 6.37. The van der Waals surface area contributed by atoms with Gasteiger partial charge in [-0.1, -0.05) is 49.5 Å². The molecule has 0 aromatic carbocycles. The quantitative estimate of drug-likeness (QED) is 0.413. The summed E-state index contributed by atoms with van der Waals surface area (Å²) in [6.07, 6.45) is 5.05. The van der Waals surface area contributed by atoms with Crippen LogP contribution < -0.4 is 0 Å². The van der Waals surface area contributed by atoms with Crippen LogP contribution in [0.3, 0.4) is 0 Å². The molecule has 14 heavy (non-hydrogen) atoms. The molecule has 0 spiro atoms. The maximum Gasteiger partial charge on any atom is 0.146 e. The smallest absolute Gasteiger partial charge is 0.146 e. The molecule has 3 heteroatoms. The van der Waals surface area contributed by atoms with E-state index < -0.39 is 0 Å². The van der Waals surface area contributed by atoms with Crippen LogP contribution in [-0.4, -0.2) is 21.4 Å². The van der Waals surface area contributed by atoms with E-state index in [1.165, 1.54) is 25.7 Å². The van der Waals surface area contributed by atoms with Gasteiger partial charge < -0.3 is 4.43 Å². The maximum atomic E-state index is 5.81. The zero-order valence-electron chi connectivity index (χ0n) is 10.3. The molecule has 1 atom stereocenters. The van der Waals surface area contributed by atoms with Gasteiger partial charge >= 0.3 is 0 Å². The van der Waals surface area contributed by atoms with Crippen molar-refractivity contribution in [3.8, 4) is 0 Å². The topological polar surface area (TPSA) is 9.23 Å². The number of hydrogen-bond donors (Lipinski definition) is 0. The van der Waals surface area contributed by atoms with Crippen molar-refractivity contribution in [1.82, 2.24) is 0 Å². The molecule has 0 aliphatic rings. The van der Waals surface area contributed by atoms with E-state index in [0.717, 1.165) is 15.8 Å². The van der Waals surface area contributed by atoms with Gasteiger partial charge in [0.05, 0.1) is 5.60 Å². The molecule has 0 aliphatic carbocycles. The second-order valence-electron chi connectivity index (χ2n) is 5.18. The highest BCUT2D eigenvalue weighted by molar-refractivity contribution is 9.09. The first kappa shape index (κ1) is 14.7. The number of alkyl halides is 1. The third-order valence-electron chi connectivity index (χ3n) is 3.32. The molecule has 0 rings (SSSR count). The number of rotatable bonds is 6. The Kier molecular flexibility index (Phi) is 6.58. The van der Waals surface area contributed by atoms with E-state index in [0.29, 0.717) is 0 Å². The molecule has 0 saturated heterocycles. The SMILES string of the molecule is CC(C)(C)C(C)(CCCCCBr)O[SiH3]. The van der Waals surface area contributed by atoms with E-state index >= 15 is 0 Å². The van der Waals surface area contributed by atoms with Crippen molar-refractivity contribution in [2.75, 3.05) is 5.33 Å². The third kappa shape index (κ3) is 4.45. The fraction of sp³-hybridized carbons (Fsp3) is 1.00. The van der Waals surface area contributed by atoms with Crippen LogP contribution in [-0.2, 0) is 4.43 Å². The average molecular weight is 281 g/mol. The van der Waals surface area contributed by atoms with Gasteiger partial charge in [0, 0.05) is 5.33 Å². The summed E-state index contributed by atoms with van der Waals surface area (Å²) in [7, 11) is 0.838.